The van der Waals surface area contributed by atoms with Gasteiger partial charge in [-0.25, -0.2) is 4.98 Å². The molecular weight excluding hydrogens is 331 g/mol. The average molecular weight is 345 g/mol. The number of amides is 1. The number of carbonyl (C=O) groups is 1. The Balaban J connectivity index is 1.95. The van der Waals surface area contributed by atoms with Crippen molar-refractivity contribution in [2.75, 3.05) is 26.4 Å². The Morgan fingerprint density at radius 3 is 2.86 bits per heavy atom. The number of nitrogens with one attached hydrogen (secondary N) is 1. The van der Waals surface area contributed by atoms with Crippen LogP contribution in [0.1, 0.15) is 10.5 Å². The van der Waals surface area contributed by atoms with Crippen LogP contribution in [0.3, 0.4) is 0 Å². The summed E-state index contributed by atoms with van der Waals surface area (Å²) in [5.74, 6) is -0.0945. The normalized spacial score (nSPS) is 10.7. The number of aliphatic hydroxyl groups is 1. The van der Waals surface area contributed by atoms with Crippen LogP contribution in [0.15, 0.2) is 28.9 Å². The standard InChI is InChI=1S/C14H14Cl2N2O4/c15-10-2-1-9(7-11(10)16)14-18-12(8-22-14)13(20)17-3-5-21-6-4-19/h1-2,7-8,19H,3-6H2,(H,17,20). The van der Waals surface area contributed by atoms with E-state index in [9.17, 15) is 4.79 Å². The third kappa shape index (κ3) is 4.45. The Kier molecular flexibility index (Phi) is 6.21. The summed E-state index contributed by atoms with van der Waals surface area (Å²) in [7, 11) is 0. The molecule has 0 saturated heterocycles. The first-order valence-electron chi connectivity index (χ1n) is 6.49. The number of aliphatic hydroxyl groups excluding tert-OH is 1. The highest BCUT2D eigenvalue weighted by Gasteiger charge is 2.13. The lowest BCUT2D eigenvalue weighted by atomic mass is 10.2. The van der Waals surface area contributed by atoms with Gasteiger partial charge in [0.05, 0.1) is 29.9 Å². The highest BCUT2D eigenvalue weighted by molar-refractivity contribution is 6.42. The second-order valence-corrected chi connectivity index (χ2v) is 5.07. The van der Waals surface area contributed by atoms with Crippen molar-refractivity contribution in [3.8, 4) is 11.5 Å². The molecule has 118 valence electrons. The van der Waals surface area contributed by atoms with E-state index < -0.39 is 0 Å². The Hall–Kier alpha value is -1.60. The van der Waals surface area contributed by atoms with Gasteiger partial charge in [-0.05, 0) is 18.2 Å². The molecule has 0 bridgehead atoms. The molecule has 2 N–H and O–H groups in total. The zero-order chi connectivity index (χ0) is 15.9. The molecule has 0 spiro atoms. The van der Waals surface area contributed by atoms with E-state index >= 15 is 0 Å². The van der Waals surface area contributed by atoms with Gasteiger partial charge in [0.15, 0.2) is 5.69 Å². The van der Waals surface area contributed by atoms with Gasteiger partial charge < -0.3 is 19.6 Å². The second kappa shape index (κ2) is 8.14. The van der Waals surface area contributed by atoms with Crippen molar-refractivity contribution in [2.24, 2.45) is 0 Å². The Morgan fingerprint density at radius 2 is 2.14 bits per heavy atom. The lowest BCUT2D eigenvalue weighted by Gasteiger charge is -2.03. The highest BCUT2D eigenvalue weighted by atomic mass is 35.5. The SMILES string of the molecule is O=C(NCCOCCO)c1coc(-c2ccc(Cl)c(Cl)c2)n1. The monoisotopic (exact) mass is 344 g/mol. The van der Waals surface area contributed by atoms with Gasteiger partial charge >= 0.3 is 0 Å². The molecule has 0 aliphatic carbocycles. The second-order valence-electron chi connectivity index (χ2n) is 4.26. The molecule has 0 atom stereocenters. The predicted octanol–water partition coefficient (Wildman–Crippen LogP) is 2.39. The summed E-state index contributed by atoms with van der Waals surface area (Å²) < 4.78 is 10.3. The molecule has 0 saturated carbocycles. The summed E-state index contributed by atoms with van der Waals surface area (Å²) in [5.41, 5.74) is 0.781. The number of hydrogen-bond donors (Lipinski definition) is 2. The van der Waals surface area contributed by atoms with Crippen LogP contribution in [0, 0.1) is 0 Å². The van der Waals surface area contributed by atoms with E-state index in [-0.39, 0.29) is 30.7 Å². The maximum atomic E-state index is 11.9. The topological polar surface area (TPSA) is 84.6 Å². The average Bonchev–Trinajstić information content (AvgIpc) is 2.99. The molecule has 8 heteroatoms. The van der Waals surface area contributed by atoms with Crippen molar-refractivity contribution in [1.82, 2.24) is 10.3 Å². The summed E-state index contributed by atoms with van der Waals surface area (Å²) in [5, 5.41) is 12.0. The molecule has 1 amide bonds. The van der Waals surface area contributed by atoms with Gasteiger partial charge in [-0.3, -0.25) is 4.79 Å². The van der Waals surface area contributed by atoms with Crippen molar-refractivity contribution < 1.29 is 19.1 Å². The first-order chi connectivity index (χ1) is 10.6. The van der Waals surface area contributed by atoms with Crippen LogP contribution in [0.25, 0.3) is 11.5 Å². The van der Waals surface area contributed by atoms with E-state index in [2.05, 4.69) is 10.3 Å². The van der Waals surface area contributed by atoms with Gasteiger partial charge in [0.25, 0.3) is 5.91 Å². The first-order valence-corrected chi connectivity index (χ1v) is 7.25. The molecule has 2 aromatic rings. The van der Waals surface area contributed by atoms with Gasteiger partial charge in [0, 0.05) is 12.1 Å². The fraction of sp³-hybridized carbons (Fsp3) is 0.286. The number of aromatic nitrogens is 1. The summed E-state index contributed by atoms with van der Waals surface area (Å²) in [6.07, 6.45) is 1.27. The number of hydrogen-bond acceptors (Lipinski definition) is 5. The number of oxazole rings is 1. The Labute approximate surface area is 137 Å². The Morgan fingerprint density at radius 1 is 1.32 bits per heavy atom. The number of carbonyl (C=O) groups excluding carboxylic acids is 1. The predicted molar refractivity (Wildman–Crippen MR) is 82.2 cm³/mol. The number of benzene rings is 1. The summed E-state index contributed by atoms with van der Waals surface area (Å²) in [4.78, 5) is 16.0. The van der Waals surface area contributed by atoms with Crippen LogP contribution in [0.2, 0.25) is 10.0 Å². The lowest BCUT2D eigenvalue weighted by molar-refractivity contribution is 0.0835. The fourth-order valence-corrected chi connectivity index (χ4v) is 1.93. The molecule has 1 aromatic heterocycles. The van der Waals surface area contributed by atoms with E-state index in [4.69, 9.17) is 37.5 Å². The third-order valence-corrected chi connectivity index (χ3v) is 3.41. The zero-order valence-electron chi connectivity index (χ0n) is 11.5. The van der Waals surface area contributed by atoms with E-state index in [0.29, 0.717) is 28.8 Å². The minimum absolute atomic E-state index is 0.0513. The summed E-state index contributed by atoms with van der Waals surface area (Å²) in [6, 6.07) is 4.94. The van der Waals surface area contributed by atoms with E-state index in [1.807, 2.05) is 0 Å². The first kappa shape index (κ1) is 16.8. The molecule has 0 radical (unpaired) electrons. The number of rotatable bonds is 7. The van der Waals surface area contributed by atoms with Crippen molar-refractivity contribution in [2.45, 2.75) is 0 Å². The zero-order valence-corrected chi connectivity index (χ0v) is 13.0. The quantitative estimate of drug-likeness (QED) is 0.753. The van der Waals surface area contributed by atoms with E-state index in [0.717, 1.165) is 0 Å². The number of halogens is 2. The maximum absolute atomic E-state index is 11.9. The van der Waals surface area contributed by atoms with Crippen LogP contribution in [0.4, 0.5) is 0 Å². The number of ether oxygens (including phenoxy) is 1. The van der Waals surface area contributed by atoms with Crippen molar-refractivity contribution in [3.05, 3.63) is 40.2 Å². The minimum Gasteiger partial charge on any atom is -0.444 e. The van der Waals surface area contributed by atoms with Crippen LogP contribution < -0.4 is 5.32 Å². The Bertz CT molecular complexity index is 646. The van der Waals surface area contributed by atoms with Gasteiger partial charge in [-0.15, -0.1) is 0 Å². The van der Waals surface area contributed by atoms with E-state index in [1.165, 1.54) is 6.26 Å². The van der Waals surface area contributed by atoms with Crippen LogP contribution in [-0.4, -0.2) is 42.4 Å². The minimum atomic E-state index is -0.373. The smallest absolute Gasteiger partial charge is 0.273 e. The van der Waals surface area contributed by atoms with Crippen LogP contribution in [0.5, 0.6) is 0 Å². The largest absolute Gasteiger partial charge is 0.444 e. The molecule has 0 aliphatic heterocycles. The van der Waals surface area contributed by atoms with Crippen molar-refractivity contribution >= 4 is 29.1 Å². The van der Waals surface area contributed by atoms with Gasteiger partial charge in [-0.2, -0.15) is 0 Å². The molecule has 1 aromatic carbocycles. The molecule has 2 rings (SSSR count). The van der Waals surface area contributed by atoms with Gasteiger partial charge in [-0.1, -0.05) is 23.2 Å². The molecule has 22 heavy (non-hydrogen) atoms. The fourth-order valence-electron chi connectivity index (χ4n) is 1.63. The number of nitrogens with zero attached hydrogens (tertiary/aromatic N) is 1. The molecular formula is C14H14Cl2N2O4. The maximum Gasteiger partial charge on any atom is 0.273 e. The molecule has 0 aliphatic rings. The van der Waals surface area contributed by atoms with Gasteiger partial charge in [0.2, 0.25) is 5.89 Å². The van der Waals surface area contributed by atoms with Gasteiger partial charge in [0.1, 0.15) is 6.26 Å². The molecule has 6 nitrogen and oxygen atoms in total. The molecule has 0 unspecified atom stereocenters. The van der Waals surface area contributed by atoms with Crippen molar-refractivity contribution in [1.29, 1.82) is 0 Å². The third-order valence-electron chi connectivity index (χ3n) is 2.67. The van der Waals surface area contributed by atoms with Crippen LogP contribution in [-0.2, 0) is 4.74 Å². The molecule has 1 heterocycles. The summed E-state index contributed by atoms with van der Waals surface area (Å²) in [6.45, 7) is 0.809. The molecule has 0 fully saturated rings. The van der Waals surface area contributed by atoms with Crippen LogP contribution >= 0.6 is 23.2 Å². The summed E-state index contributed by atoms with van der Waals surface area (Å²) >= 11 is 11.8. The van der Waals surface area contributed by atoms with Crippen molar-refractivity contribution in [3.63, 3.8) is 0 Å². The lowest BCUT2D eigenvalue weighted by Crippen LogP contribution is -2.27. The van der Waals surface area contributed by atoms with E-state index in [1.54, 1.807) is 18.2 Å². The highest BCUT2D eigenvalue weighted by Crippen LogP contribution is 2.28.